The number of aromatic nitrogens is 1. The molecule has 0 bridgehead atoms. The zero-order chi connectivity index (χ0) is 16.4. The highest BCUT2D eigenvalue weighted by Crippen LogP contribution is 2.26. The average Bonchev–Trinajstić information content (AvgIpc) is 3.13. The van der Waals surface area contributed by atoms with Crippen LogP contribution in [0.25, 0.3) is 16.3 Å². The molecule has 4 heteroatoms. The third-order valence-corrected chi connectivity index (χ3v) is 4.29. The molecule has 2 aromatic carbocycles. The molecule has 1 aromatic heterocycles. The van der Waals surface area contributed by atoms with Gasteiger partial charge in [-0.15, -0.1) is 0 Å². The second-order valence-corrected chi connectivity index (χ2v) is 5.78. The summed E-state index contributed by atoms with van der Waals surface area (Å²) in [4.78, 5) is 16.9. The van der Waals surface area contributed by atoms with Crippen molar-refractivity contribution in [3.05, 3.63) is 78.1 Å². The zero-order valence-electron chi connectivity index (χ0n) is 13.1. The Bertz CT molecular complexity index is 927. The molecule has 3 aromatic rings. The first-order chi connectivity index (χ1) is 11.8. The molecule has 4 nitrogen and oxygen atoms in total. The topological polar surface area (TPSA) is 54.0 Å². The first-order valence-electron chi connectivity index (χ1n) is 7.95. The van der Waals surface area contributed by atoms with Crippen LogP contribution < -0.4 is 10.6 Å². The number of rotatable bonds is 3. The predicted octanol–water partition coefficient (Wildman–Crippen LogP) is 3.23. The van der Waals surface area contributed by atoms with Crippen molar-refractivity contribution < 1.29 is 4.79 Å². The molecule has 0 atom stereocenters. The van der Waals surface area contributed by atoms with Gasteiger partial charge in [0.2, 0.25) is 0 Å². The van der Waals surface area contributed by atoms with E-state index in [0.29, 0.717) is 13.1 Å². The van der Waals surface area contributed by atoms with Gasteiger partial charge in [-0.25, -0.2) is 0 Å². The summed E-state index contributed by atoms with van der Waals surface area (Å²) in [7, 11) is 0. The number of hydrogen-bond donors (Lipinski definition) is 2. The third kappa shape index (κ3) is 2.68. The monoisotopic (exact) mass is 315 g/mol. The van der Waals surface area contributed by atoms with E-state index >= 15 is 0 Å². The van der Waals surface area contributed by atoms with Crippen LogP contribution in [0.15, 0.2) is 72.6 Å². The Morgan fingerprint density at radius 2 is 1.88 bits per heavy atom. The summed E-state index contributed by atoms with van der Waals surface area (Å²) in [5.41, 5.74) is 3.77. The molecule has 2 N–H and O–H groups in total. The molecule has 0 spiro atoms. The van der Waals surface area contributed by atoms with Gasteiger partial charge in [0.15, 0.2) is 0 Å². The van der Waals surface area contributed by atoms with Gasteiger partial charge in [0, 0.05) is 47.5 Å². The molecule has 1 aliphatic rings. The minimum Gasteiger partial charge on any atom is -0.322 e. The van der Waals surface area contributed by atoms with E-state index in [1.165, 1.54) is 0 Å². The lowest BCUT2D eigenvalue weighted by atomic mass is 10.0. The Hall–Kier alpha value is -2.98. The maximum Gasteiger partial charge on any atom is 0.253 e. The molecule has 4 rings (SSSR count). The van der Waals surface area contributed by atoms with Crippen molar-refractivity contribution in [1.29, 1.82) is 0 Å². The number of fused-ring (bicyclic) bond motifs is 1. The fourth-order valence-corrected chi connectivity index (χ4v) is 3.09. The van der Waals surface area contributed by atoms with Gasteiger partial charge in [0.1, 0.15) is 0 Å². The number of pyridine rings is 1. The second kappa shape index (κ2) is 6.26. The van der Waals surface area contributed by atoms with Crippen LogP contribution in [0.5, 0.6) is 0 Å². The largest absolute Gasteiger partial charge is 0.322 e. The van der Waals surface area contributed by atoms with Crippen LogP contribution in [0.3, 0.4) is 0 Å². The Kier molecular flexibility index (Phi) is 3.81. The molecule has 1 aliphatic heterocycles. The summed E-state index contributed by atoms with van der Waals surface area (Å²) >= 11 is 0. The fourth-order valence-electron chi connectivity index (χ4n) is 3.09. The van der Waals surface area contributed by atoms with Crippen LogP contribution >= 0.6 is 0 Å². The van der Waals surface area contributed by atoms with Crippen molar-refractivity contribution in [2.45, 2.75) is 0 Å². The molecule has 24 heavy (non-hydrogen) atoms. The van der Waals surface area contributed by atoms with Gasteiger partial charge in [-0.3, -0.25) is 9.78 Å². The minimum atomic E-state index is -0.0526. The van der Waals surface area contributed by atoms with Crippen LogP contribution in [0.4, 0.5) is 5.69 Å². The Labute approximate surface area is 140 Å². The highest BCUT2D eigenvalue weighted by molar-refractivity contribution is 6.13. The van der Waals surface area contributed by atoms with E-state index in [1.54, 1.807) is 12.4 Å². The number of amides is 1. The van der Waals surface area contributed by atoms with Gasteiger partial charge in [-0.05, 0) is 23.3 Å². The number of carbonyl (C=O) groups excluding carboxylic acids is 1. The van der Waals surface area contributed by atoms with Crippen LogP contribution in [0.1, 0.15) is 5.56 Å². The third-order valence-electron chi connectivity index (χ3n) is 4.29. The molecular formula is C20H17N3O. The maximum atomic E-state index is 12.8. The Balaban J connectivity index is 1.68. The quantitative estimate of drug-likeness (QED) is 0.780. The lowest BCUT2D eigenvalue weighted by Gasteiger charge is -2.10. The molecule has 0 saturated heterocycles. The Morgan fingerprint density at radius 3 is 2.75 bits per heavy atom. The van der Waals surface area contributed by atoms with E-state index in [2.05, 4.69) is 15.6 Å². The standard InChI is InChI=1S/C20H17N3O/c24-20(18-13-22-12-17(18)14-5-2-1-3-6-14)23-19-8-4-7-15-11-21-10-9-16(15)19/h1-11,22H,12-13H2,(H,23,24). The highest BCUT2D eigenvalue weighted by Gasteiger charge is 2.22. The molecule has 0 saturated carbocycles. The number of anilines is 1. The van der Waals surface area contributed by atoms with Gasteiger partial charge in [0.05, 0.1) is 0 Å². The predicted molar refractivity (Wildman–Crippen MR) is 96.6 cm³/mol. The van der Waals surface area contributed by atoms with Gasteiger partial charge in [-0.2, -0.15) is 0 Å². The van der Waals surface area contributed by atoms with Gasteiger partial charge in [-0.1, -0.05) is 42.5 Å². The molecule has 2 heterocycles. The van der Waals surface area contributed by atoms with Crippen molar-refractivity contribution in [3.63, 3.8) is 0 Å². The average molecular weight is 315 g/mol. The summed E-state index contributed by atoms with van der Waals surface area (Å²) in [5, 5.41) is 8.35. The number of benzene rings is 2. The smallest absolute Gasteiger partial charge is 0.253 e. The lowest BCUT2D eigenvalue weighted by Crippen LogP contribution is -2.19. The van der Waals surface area contributed by atoms with Gasteiger partial charge >= 0.3 is 0 Å². The lowest BCUT2D eigenvalue weighted by molar-refractivity contribution is -0.112. The van der Waals surface area contributed by atoms with E-state index < -0.39 is 0 Å². The molecular weight excluding hydrogens is 298 g/mol. The number of nitrogens with one attached hydrogen (secondary N) is 2. The first kappa shape index (κ1) is 14.6. The summed E-state index contributed by atoms with van der Waals surface area (Å²) < 4.78 is 0. The van der Waals surface area contributed by atoms with E-state index in [1.807, 2.05) is 54.6 Å². The van der Waals surface area contributed by atoms with E-state index in [0.717, 1.165) is 33.2 Å². The minimum absolute atomic E-state index is 0.0526. The fraction of sp³-hybridized carbons (Fsp3) is 0.100. The summed E-state index contributed by atoms with van der Waals surface area (Å²) in [6, 6.07) is 17.8. The molecule has 0 radical (unpaired) electrons. The van der Waals surface area contributed by atoms with Crippen molar-refractivity contribution in [3.8, 4) is 0 Å². The molecule has 0 fully saturated rings. The highest BCUT2D eigenvalue weighted by atomic mass is 16.1. The maximum absolute atomic E-state index is 12.8. The second-order valence-electron chi connectivity index (χ2n) is 5.78. The molecule has 0 unspecified atom stereocenters. The van der Waals surface area contributed by atoms with E-state index in [-0.39, 0.29) is 5.91 Å². The number of hydrogen-bond acceptors (Lipinski definition) is 3. The SMILES string of the molecule is O=C(Nc1cccc2cnccc12)C1=C(c2ccccc2)CNC1. The first-order valence-corrected chi connectivity index (χ1v) is 7.95. The van der Waals surface area contributed by atoms with Crippen molar-refractivity contribution in [2.75, 3.05) is 18.4 Å². The molecule has 0 aliphatic carbocycles. The number of nitrogens with zero attached hydrogens (tertiary/aromatic N) is 1. The normalized spacial score (nSPS) is 14.2. The van der Waals surface area contributed by atoms with Crippen molar-refractivity contribution in [1.82, 2.24) is 10.3 Å². The van der Waals surface area contributed by atoms with Gasteiger partial charge in [0.25, 0.3) is 5.91 Å². The van der Waals surface area contributed by atoms with Crippen LogP contribution in [0, 0.1) is 0 Å². The summed E-state index contributed by atoms with van der Waals surface area (Å²) in [5.74, 6) is -0.0526. The number of carbonyl (C=O) groups is 1. The van der Waals surface area contributed by atoms with Gasteiger partial charge < -0.3 is 10.6 Å². The Morgan fingerprint density at radius 1 is 1.00 bits per heavy atom. The van der Waals surface area contributed by atoms with Crippen molar-refractivity contribution in [2.24, 2.45) is 0 Å². The van der Waals surface area contributed by atoms with E-state index in [9.17, 15) is 4.79 Å². The van der Waals surface area contributed by atoms with Crippen LogP contribution in [0.2, 0.25) is 0 Å². The molecule has 118 valence electrons. The van der Waals surface area contributed by atoms with Crippen LogP contribution in [-0.2, 0) is 4.79 Å². The summed E-state index contributed by atoms with van der Waals surface area (Å²) in [6.45, 7) is 1.30. The zero-order valence-corrected chi connectivity index (χ0v) is 13.1. The summed E-state index contributed by atoms with van der Waals surface area (Å²) in [6.07, 6.45) is 3.54. The van der Waals surface area contributed by atoms with Crippen molar-refractivity contribution >= 4 is 27.9 Å². The van der Waals surface area contributed by atoms with Crippen LogP contribution in [-0.4, -0.2) is 24.0 Å². The molecule has 1 amide bonds. The van der Waals surface area contributed by atoms with E-state index in [4.69, 9.17) is 0 Å².